The number of rotatable bonds is 4. The Morgan fingerprint density at radius 1 is 1.20 bits per heavy atom. The van der Waals surface area contributed by atoms with E-state index < -0.39 is 0 Å². The van der Waals surface area contributed by atoms with Gasteiger partial charge in [-0.2, -0.15) is 5.10 Å². The zero-order chi connectivity index (χ0) is 17.8. The fourth-order valence-corrected chi connectivity index (χ4v) is 3.46. The zero-order valence-corrected chi connectivity index (χ0v) is 15.8. The van der Waals surface area contributed by atoms with Gasteiger partial charge < -0.3 is 9.31 Å². The van der Waals surface area contributed by atoms with Crippen molar-refractivity contribution in [2.45, 2.75) is 64.7 Å². The Bertz CT molecular complexity index is 768. The highest BCUT2D eigenvalue weighted by Gasteiger charge is 2.52. The fraction of sp³-hybridized carbons (Fsp3) is 0.550. The Morgan fingerprint density at radius 3 is 2.52 bits per heavy atom. The van der Waals surface area contributed by atoms with Gasteiger partial charge >= 0.3 is 7.12 Å². The van der Waals surface area contributed by atoms with E-state index in [1.165, 1.54) is 17.5 Å². The molecule has 25 heavy (non-hydrogen) atoms. The summed E-state index contributed by atoms with van der Waals surface area (Å²) in [5.41, 5.74) is 3.08. The summed E-state index contributed by atoms with van der Waals surface area (Å²) in [5.74, 6) is 1.58. The summed E-state index contributed by atoms with van der Waals surface area (Å²) in [6, 6.07) is 8.90. The van der Waals surface area contributed by atoms with Crippen LogP contribution in [-0.4, -0.2) is 28.1 Å². The summed E-state index contributed by atoms with van der Waals surface area (Å²) in [6.07, 6.45) is 5.21. The van der Waals surface area contributed by atoms with Gasteiger partial charge in [0.1, 0.15) is 0 Å². The molecule has 0 spiro atoms. The first-order valence-electron chi connectivity index (χ1n) is 9.22. The predicted molar refractivity (Wildman–Crippen MR) is 100 cm³/mol. The van der Waals surface area contributed by atoms with Crippen LogP contribution in [0, 0.1) is 5.92 Å². The maximum absolute atomic E-state index is 6.11. The van der Waals surface area contributed by atoms with Crippen LogP contribution in [0.4, 0.5) is 0 Å². The molecule has 1 saturated heterocycles. The summed E-state index contributed by atoms with van der Waals surface area (Å²) >= 11 is 0. The van der Waals surface area contributed by atoms with Gasteiger partial charge in [0.05, 0.1) is 17.7 Å². The van der Waals surface area contributed by atoms with E-state index in [0.29, 0.717) is 0 Å². The SMILES string of the molecule is C[C@@H]1CC1c1cccc(Cn2cc(B3OC(C)(C)C(C)(C)O3)cn2)c1. The Morgan fingerprint density at radius 2 is 1.88 bits per heavy atom. The Hall–Kier alpha value is -1.59. The van der Waals surface area contributed by atoms with Crippen LogP contribution >= 0.6 is 0 Å². The predicted octanol–water partition coefficient (Wildman–Crippen LogP) is 3.35. The zero-order valence-electron chi connectivity index (χ0n) is 15.8. The van der Waals surface area contributed by atoms with Gasteiger partial charge in [0, 0.05) is 17.9 Å². The van der Waals surface area contributed by atoms with Gasteiger partial charge in [-0.15, -0.1) is 0 Å². The Kier molecular flexibility index (Phi) is 3.85. The van der Waals surface area contributed by atoms with Crippen molar-refractivity contribution in [3.8, 4) is 0 Å². The van der Waals surface area contributed by atoms with Crippen molar-refractivity contribution in [3.63, 3.8) is 0 Å². The van der Waals surface area contributed by atoms with Crippen LogP contribution in [0.25, 0.3) is 0 Å². The molecule has 2 aromatic rings. The van der Waals surface area contributed by atoms with E-state index in [-0.39, 0.29) is 18.3 Å². The molecule has 2 fully saturated rings. The molecule has 0 N–H and O–H groups in total. The highest BCUT2D eigenvalue weighted by atomic mass is 16.7. The molecule has 0 bridgehead atoms. The van der Waals surface area contributed by atoms with E-state index in [4.69, 9.17) is 9.31 Å². The molecule has 2 heterocycles. The summed E-state index contributed by atoms with van der Waals surface area (Å²) in [4.78, 5) is 0. The second-order valence-corrected chi connectivity index (χ2v) is 8.62. The minimum absolute atomic E-state index is 0.324. The van der Waals surface area contributed by atoms with E-state index in [2.05, 4.69) is 64.0 Å². The van der Waals surface area contributed by atoms with Crippen molar-refractivity contribution in [3.05, 3.63) is 47.8 Å². The molecule has 0 radical (unpaired) electrons. The first-order chi connectivity index (χ1) is 11.7. The molecule has 5 heteroatoms. The van der Waals surface area contributed by atoms with Gasteiger partial charge in [0.2, 0.25) is 0 Å². The van der Waals surface area contributed by atoms with Crippen molar-refractivity contribution in [2.75, 3.05) is 0 Å². The van der Waals surface area contributed by atoms with Crippen LogP contribution in [0.2, 0.25) is 0 Å². The lowest BCUT2D eigenvalue weighted by Gasteiger charge is -2.32. The average Bonchev–Trinajstić information content (AvgIpc) is 2.99. The summed E-state index contributed by atoms with van der Waals surface area (Å²) in [7, 11) is -0.350. The number of hydrogen-bond acceptors (Lipinski definition) is 3. The molecule has 1 saturated carbocycles. The smallest absolute Gasteiger partial charge is 0.399 e. The Balaban J connectivity index is 1.47. The van der Waals surface area contributed by atoms with E-state index in [9.17, 15) is 0 Å². The van der Waals surface area contributed by atoms with Crippen LogP contribution in [0.1, 0.15) is 58.1 Å². The molecule has 1 aliphatic carbocycles. The quantitative estimate of drug-likeness (QED) is 0.802. The van der Waals surface area contributed by atoms with Gasteiger partial charge in [-0.1, -0.05) is 31.2 Å². The molecule has 132 valence electrons. The molecular weight excluding hydrogens is 311 g/mol. The van der Waals surface area contributed by atoms with Crippen LogP contribution in [0.5, 0.6) is 0 Å². The number of nitrogens with zero attached hydrogens (tertiary/aromatic N) is 2. The van der Waals surface area contributed by atoms with Gasteiger partial charge in [0.25, 0.3) is 0 Å². The topological polar surface area (TPSA) is 36.3 Å². The lowest BCUT2D eigenvalue weighted by atomic mass is 9.82. The lowest BCUT2D eigenvalue weighted by Crippen LogP contribution is -2.41. The lowest BCUT2D eigenvalue weighted by molar-refractivity contribution is 0.00578. The van der Waals surface area contributed by atoms with Crippen molar-refractivity contribution in [1.82, 2.24) is 9.78 Å². The molecule has 1 unspecified atom stereocenters. The van der Waals surface area contributed by atoms with Gasteiger partial charge in [-0.05, 0) is 57.1 Å². The van der Waals surface area contributed by atoms with Crippen molar-refractivity contribution in [1.29, 1.82) is 0 Å². The van der Waals surface area contributed by atoms with Gasteiger partial charge in [-0.25, -0.2) is 0 Å². The summed E-state index contributed by atoms with van der Waals surface area (Å²) in [6.45, 7) is 11.4. The normalized spacial score (nSPS) is 26.8. The summed E-state index contributed by atoms with van der Waals surface area (Å²) in [5, 5.41) is 4.51. The molecule has 1 aromatic carbocycles. The molecule has 2 atom stereocenters. The van der Waals surface area contributed by atoms with Crippen LogP contribution in [-0.2, 0) is 15.9 Å². The van der Waals surface area contributed by atoms with E-state index >= 15 is 0 Å². The van der Waals surface area contributed by atoms with Crippen LogP contribution in [0.3, 0.4) is 0 Å². The third kappa shape index (κ3) is 3.15. The Labute approximate surface area is 150 Å². The van der Waals surface area contributed by atoms with E-state index in [1.54, 1.807) is 0 Å². The molecule has 0 amide bonds. The third-order valence-corrected chi connectivity index (χ3v) is 6.01. The van der Waals surface area contributed by atoms with Crippen molar-refractivity contribution in [2.24, 2.45) is 5.92 Å². The first-order valence-corrected chi connectivity index (χ1v) is 9.22. The number of benzene rings is 1. The van der Waals surface area contributed by atoms with Crippen molar-refractivity contribution < 1.29 is 9.31 Å². The summed E-state index contributed by atoms with van der Waals surface area (Å²) < 4.78 is 14.2. The average molecular weight is 338 g/mol. The van der Waals surface area contributed by atoms with E-state index in [0.717, 1.165) is 23.8 Å². The minimum atomic E-state index is -0.350. The third-order valence-electron chi connectivity index (χ3n) is 6.01. The second-order valence-electron chi connectivity index (χ2n) is 8.62. The van der Waals surface area contributed by atoms with Gasteiger partial charge in [-0.3, -0.25) is 4.68 Å². The van der Waals surface area contributed by atoms with Crippen LogP contribution < -0.4 is 5.46 Å². The monoisotopic (exact) mass is 338 g/mol. The standard InChI is InChI=1S/C20H27BN2O2/c1-14-9-18(14)16-8-6-7-15(10-16)12-23-13-17(11-22-23)21-24-19(2,3)20(4,5)25-21/h6-8,10-11,13-14,18H,9,12H2,1-5H3/t14-,18?/m1/s1. The number of hydrogen-bond donors (Lipinski definition) is 0. The maximum Gasteiger partial charge on any atom is 0.498 e. The minimum Gasteiger partial charge on any atom is -0.399 e. The second kappa shape index (κ2) is 5.71. The molecule has 1 aliphatic heterocycles. The van der Waals surface area contributed by atoms with Gasteiger partial charge in [0.15, 0.2) is 0 Å². The van der Waals surface area contributed by atoms with E-state index in [1.807, 2.05) is 17.1 Å². The molecule has 4 rings (SSSR count). The highest BCUT2D eigenvalue weighted by Crippen LogP contribution is 2.46. The maximum atomic E-state index is 6.11. The van der Waals surface area contributed by atoms with Crippen molar-refractivity contribution >= 4 is 12.6 Å². The molecule has 2 aliphatic rings. The first kappa shape index (κ1) is 16.9. The molecular formula is C20H27BN2O2. The molecule has 4 nitrogen and oxygen atoms in total. The molecule has 1 aromatic heterocycles. The number of aromatic nitrogens is 2. The highest BCUT2D eigenvalue weighted by molar-refractivity contribution is 6.61. The van der Waals surface area contributed by atoms with Crippen LogP contribution in [0.15, 0.2) is 36.7 Å². The largest absolute Gasteiger partial charge is 0.498 e. The fourth-order valence-electron chi connectivity index (χ4n) is 3.46.